The Morgan fingerprint density at radius 2 is 2.54 bits per heavy atom. The van der Waals surface area contributed by atoms with Gasteiger partial charge in [-0.15, -0.1) is 0 Å². The van der Waals surface area contributed by atoms with Gasteiger partial charge in [-0.2, -0.15) is 5.10 Å². The Morgan fingerprint density at radius 1 is 1.69 bits per heavy atom. The third-order valence-corrected chi connectivity index (χ3v) is 1.95. The molecule has 2 heterocycles. The van der Waals surface area contributed by atoms with Crippen molar-refractivity contribution in [1.82, 2.24) is 19.9 Å². The van der Waals surface area contributed by atoms with Gasteiger partial charge in [-0.25, -0.2) is 0 Å². The van der Waals surface area contributed by atoms with E-state index in [1.807, 2.05) is 13.0 Å². The van der Waals surface area contributed by atoms with Gasteiger partial charge in [0.15, 0.2) is 10.5 Å². The number of hydrogen-bond donors (Lipinski definition) is 1. The van der Waals surface area contributed by atoms with Gasteiger partial charge in [-0.3, -0.25) is 9.67 Å². The largest absolute Gasteiger partial charge is 0.359 e. The van der Waals surface area contributed by atoms with Gasteiger partial charge in [-0.1, -0.05) is 5.16 Å². The minimum Gasteiger partial charge on any atom is -0.359 e. The van der Waals surface area contributed by atoms with Crippen LogP contribution in [0.1, 0.15) is 11.5 Å². The summed E-state index contributed by atoms with van der Waals surface area (Å²) in [7, 11) is 0. The molecule has 0 saturated carbocycles. The summed E-state index contributed by atoms with van der Waals surface area (Å²) in [6.45, 7) is 2.44. The van der Waals surface area contributed by atoms with Crippen molar-refractivity contribution >= 4 is 12.2 Å². The molecule has 68 valence electrons. The SMILES string of the molecule is Cc1cc(Cn2cn[nH]c2=S)on1. The maximum Gasteiger partial charge on any atom is 0.195 e. The van der Waals surface area contributed by atoms with Crippen LogP contribution < -0.4 is 0 Å². The molecular weight excluding hydrogens is 188 g/mol. The summed E-state index contributed by atoms with van der Waals surface area (Å²) in [6, 6.07) is 1.87. The van der Waals surface area contributed by atoms with E-state index in [0.29, 0.717) is 11.3 Å². The molecule has 0 bridgehead atoms. The smallest absolute Gasteiger partial charge is 0.195 e. The molecule has 0 atom stereocenters. The van der Waals surface area contributed by atoms with Crippen LogP contribution in [0.3, 0.4) is 0 Å². The Labute approximate surface area is 79.4 Å². The second kappa shape index (κ2) is 3.14. The molecule has 0 unspecified atom stereocenters. The first-order valence-electron chi connectivity index (χ1n) is 3.78. The Kier molecular flexibility index (Phi) is 1.97. The first-order valence-corrected chi connectivity index (χ1v) is 4.18. The summed E-state index contributed by atoms with van der Waals surface area (Å²) in [6.07, 6.45) is 1.63. The third kappa shape index (κ3) is 1.67. The number of aromatic nitrogens is 4. The van der Waals surface area contributed by atoms with Crippen molar-refractivity contribution in [2.45, 2.75) is 13.5 Å². The molecule has 0 radical (unpaired) electrons. The first kappa shape index (κ1) is 8.18. The molecule has 2 aromatic heterocycles. The molecule has 0 fully saturated rings. The van der Waals surface area contributed by atoms with Gasteiger partial charge in [0.2, 0.25) is 0 Å². The molecule has 0 saturated heterocycles. The number of H-pyrrole nitrogens is 1. The van der Waals surface area contributed by atoms with E-state index in [0.717, 1.165) is 11.5 Å². The van der Waals surface area contributed by atoms with Crippen LogP contribution in [-0.2, 0) is 6.54 Å². The molecule has 0 amide bonds. The molecule has 0 aliphatic heterocycles. The average Bonchev–Trinajstić information content (AvgIpc) is 2.64. The molecule has 6 heteroatoms. The highest BCUT2D eigenvalue weighted by molar-refractivity contribution is 7.71. The lowest BCUT2D eigenvalue weighted by atomic mass is 10.4. The Hall–Kier alpha value is -1.43. The highest BCUT2D eigenvalue weighted by Gasteiger charge is 2.02. The maximum absolute atomic E-state index is 5.03. The lowest BCUT2D eigenvalue weighted by Gasteiger charge is -1.93. The maximum atomic E-state index is 5.03. The van der Waals surface area contributed by atoms with Crippen molar-refractivity contribution in [3.63, 3.8) is 0 Å². The molecule has 0 spiro atoms. The zero-order valence-electron chi connectivity index (χ0n) is 7.02. The van der Waals surface area contributed by atoms with Gasteiger partial charge in [0, 0.05) is 6.07 Å². The summed E-state index contributed by atoms with van der Waals surface area (Å²) in [5.74, 6) is 0.773. The van der Waals surface area contributed by atoms with Crippen LogP contribution in [0.25, 0.3) is 0 Å². The van der Waals surface area contributed by atoms with Crippen molar-refractivity contribution in [2.24, 2.45) is 0 Å². The number of aromatic amines is 1. The fraction of sp³-hybridized carbons (Fsp3) is 0.286. The van der Waals surface area contributed by atoms with Crippen LogP contribution in [0, 0.1) is 11.7 Å². The van der Waals surface area contributed by atoms with E-state index in [1.165, 1.54) is 0 Å². The second-order valence-corrected chi connectivity index (χ2v) is 3.11. The fourth-order valence-corrected chi connectivity index (χ4v) is 1.21. The van der Waals surface area contributed by atoms with E-state index in [-0.39, 0.29) is 0 Å². The van der Waals surface area contributed by atoms with E-state index in [1.54, 1.807) is 10.9 Å². The van der Waals surface area contributed by atoms with Gasteiger partial charge in [-0.05, 0) is 19.1 Å². The average molecular weight is 196 g/mol. The Balaban J connectivity index is 2.24. The van der Waals surface area contributed by atoms with Crippen molar-refractivity contribution in [2.75, 3.05) is 0 Å². The Morgan fingerprint density at radius 3 is 3.08 bits per heavy atom. The van der Waals surface area contributed by atoms with Crippen molar-refractivity contribution in [3.05, 3.63) is 28.6 Å². The first-order chi connectivity index (χ1) is 6.25. The second-order valence-electron chi connectivity index (χ2n) is 2.72. The lowest BCUT2D eigenvalue weighted by molar-refractivity contribution is 0.372. The van der Waals surface area contributed by atoms with Crippen molar-refractivity contribution in [3.8, 4) is 0 Å². The van der Waals surface area contributed by atoms with Crippen LogP contribution in [0.2, 0.25) is 0 Å². The van der Waals surface area contributed by atoms with Gasteiger partial charge in [0.05, 0.1) is 12.2 Å². The van der Waals surface area contributed by atoms with Gasteiger partial charge in [0.25, 0.3) is 0 Å². The van der Waals surface area contributed by atoms with E-state index >= 15 is 0 Å². The normalized spacial score (nSPS) is 10.5. The van der Waals surface area contributed by atoms with Crippen molar-refractivity contribution in [1.29, 1.82) is 0 Å². The van der Waals surface area contributed by atoms with Gasteiger partial charge < -0.3 is 4.52 Å². The molecule has 2 aromatic rings. The molecule has 0 aliphatic carbocycles. The summed E-state index contributed by atoms with van der Waals surface area (Å²) >= 11 is 4.97. The van der Waals surface area contributed by atoms with Crippen LogP contribution in [0.5, 0.6) is 0 Å². The van der Waals surface area contributed by atoms with E-state index < -0.39 is 0 Å². The molecule has 13 heavy (non-hydrogen) atoms. The molecule has 0 aromatic carbocycles. The predicted octanol–water partition coefficient (Wildman–Crippen LogP) is 1.29. The van der Waals surface area contributed by atoms with Crippen LogP contribution in [-0.4, -0.2) is 19.9 Å². The number of aryl methyl sites for hydroxylation is 1. The van der Waals surface area contributed by atoms with Crippen LogP contribution in [0.15, 0.2) is 16.9 Å². The summed E-state index contributed by atoms with van der Waals surface area (Å²) in [4.78, 5) is 0. The topological polar surface area (TPSA) is 59.6 Å². The number of rotatable bonds is 2. The predicted molar refractivity (Wildman–Crippen MR) is 47.8 cm³/mol. The minimum atomic E-state index is 0.566. The van der Waals surface area contributed by atoms with Gasteiger partial charge in [0.1, 0.15) is 6.33 Å². The Bertz CT molecular complexity index is 455. The molecule has 2 rings (SSSR count). The zero-order chi connectivity index (χ0) is 9.26. The molecule has 0 aliphatic rings. The highest BCUT2D eigenvalue weighted by atomic mass is 32.1. The van der Waals surface area contributed by atoms with Crippen LogP contribution in [0.4, 0.5) is 0 Å². The molecule has 1 N–H and O–H groups in total. The van der Waals surface area contributed by atoms with E-state index in [4.69, 9.17) is 16.7 Å². The quantitative estimate of drug-likeness (QED) is 0.735. The zero-order valence-corrected chi connectivity index (χ0v) is 7.84. The monoisotopic (exact) mass is 196 g/mol. The number of hydrogen-bond acceptors (Lipinski definition) is 4. The van der Waals surface area contributed by atoms with E-state index in [9.17, 15) is 0 Å². The lowest BCUT2D eigenvalue weighted by Crippen LogP contribution is -1.96. The summed E-state index contributed by atoms with van der Waals surface area (Å²) < 4.78 is 7.38. The van der Waals surface area contributed by atoms with Crippen LogP contribution >= 0.6 is 12.2 Å². The third-order valence-electron chi connectivity index (χ3n) is 1.62. The van der Waals surface area contributed by atoms with Crippen molar-refractivity contribution < 1.29 is 4.52 Å². The summed E-state index contributed by atoms with van der Waals surface area (Å²) in [5.41, 5.74) is 0.866. The molecule has 5 nitrogen and oxygen atoms in total. The molecular formula is C7H8N4OS. The van der Waals surface area contributed by atoms with Gasteiger partial charge >= 0.3 is 0 Å². The fourth-order valence-electron chi connectivity index (χ4n) is 1.04. The number of nitrogens with one attached hydrogen (secondary N) is 1. The summed E-state index contributed by atoms with van der Waals surface area (Å²) in [5, 5.41) is 10.2. The number of nitrogens with zero attached hydrogens (tertiary/aromatic N) is 3. The standard InChI is InChI=1S/C7H8N4OS/c1-5-2-6(12-10-5)3-11-4-8-9-7(11)13/h2,4H,3H2,1H3,(H,9,13). The minimum absolute atomic E-state index is 0.566. The van der Waals surface area contributed by atoms with E-state index in [2.05, 4.69) is 15.4 Å². The highest BCUT2D eigenvalue weighted by Crippen LogP contribution is 2.04.